The van der Waals surface area contributed by atoms with Crippen LogP contribution in [0.1, 0.15) is 52.5 Å². The fourth-order valence-electron chi connectivity index (χ4n) is 2.85. The average Bonchev–Trinajstić information content (AvgIpc) is 3.24. The molecule has 0 aliphatic heterocycles. The van der Waals surface area contributed by atoms with Crippen molar-refractivity contribution in [3.63, 3.8) is 0 Å². The fraction of sp³-hybridized carbons (Fsp3) is 0.455. The molecule has 1 N–H and O–H groups in total. The molecular formula is C22H29N3O7S2. The second-order valence-corrected chi connectivity index (χ2v) is 11.3. The lowest BCUT2D eigenvalue weighted by Gasteiger charge is -2.28. The SMILES string of the molecule is CC(C)OC(=NS(=O)(=O)c1ccc([N+](=O)[O-])cc1)C(C)C(NC(=O)OC(C)(C)C)c1cccs1. The first-order valence-corrected chi connectivity index (χ1v) is 12.8. The Kier molecular flexibility index (Phi) is 8.78. The van der Waals surface area contributed by atoms with Crippen LogP contribution in [0, 0.1) is 16.0 Å². The number of thiophene rings is 1. The number of ether oxygens (including phenoxy) is 2. The van der Waals surface area contributed by atoms with Crippen LogP contribution in [0.2, 0.25) is 0 Å². The van der Waals surface area contributed by atoms with Crippen molar-refractivity contribution in [1.29, 1.82) is 0 Å². The molecule has 2 rings (SSSR count). The van der Waals surface area contributed by atoms with E-state index in [-0.39, 0.29) is 16.5 Å². The quantitative estimate of drug-likeness (QED) is 0.226. The Labute approximate surface area is 203 Å². The minimum Gasteiger partial charge on any atom is -0.477 e. The number of amides is 1. The summed E-state index contributed by atoms with van der Waals surface area (Å²) in [5.41, 5.74) is -0.966. The highest BCUT2D eigenvalue weighted by molar-refractivity contribution is 7.90. The average molecular weight is 512 g/mol. The molecule has 34 heavy (non-hydrogen) atoms. The van der Waals surface area contributed by atoms with Crippen molar-refractivity contribution in [3.8, 4) is 0 Å². The van der Waals surface area contributed by atoms with E-state index in [0.29, 0.717) is 0 Å². The predicted octanol–water partition coefficient (Wildman–Crippen LogP) is 5.07. The number of alkyl carbamates (subject to hydrolysis) is 1. The van der Waals surface area contributed by atoms with Gasteiger partial charge in [0.25, 0.3) is 15.7 Å². The predicted molar refractivity (Wildman–Crippen MR) is 130 cm³/mol. The normalized spacial score (nSPS) is 14.4. The summed E-state index contributed by atoms with van der Waals surface area (Å²) in [6.07, 6.45) is -1.07. The van der Waals surface area contributed by atoms with Gasteiger partial charge in [0.05, 0.1) is 27.9 Å². The summed E-state index contributed by atoms with van der Waals surface area (Å²) in [4.78, 5) is 23.3. The third-order valence-corrected chi connectivity index (χ3v) is 6.57. The maximum Gasteiger partial charge on any atom is 0.408 e. The molecule has 1 aromatic heterocycles. The molecular weight excluding hydrogens is 482 g/mol. The summed E-state index contributed by atoms with van der Waals surface area (Å²) in [5.74, 6) is -0.802. The summed E-state index contributed by atoms with van der Waals surface area (Å²) < 4.78 is 41.0. The number of nitrogens with one attached hydrogen (secondary N) is 1. The molecule has 2 atom stereocenters. The van der Waals surface area contributed by atoms with Crippen LogP contribution in [0.5, 0.6) is 0 Å². The Morgan fingerprint density at radius 3 is 2.24 bits per heavy atom. The van der Waals surface area contributed by atoms with Gasteiger partial charge in [-0.2, -0.15) is 8.42 Å². The molecule has 12 heteroatoms. The molecule has 2 aromatic rings. The summed E-state index contributed by atoms with van der Waals surface area (Å²) in [6, 6.07) is 7.35. The lowest BCUT2D eigenvalue weighted by atomic mass is 10.00. The molecule has 1 aromatic carbocycles. The number of hydrogen-bond acceptors (Lipinski definition) is 8. The van der Waals surface area contributed by atoms with E-state index in [1.165, 1.54) is 11.3 Å². The van der Waals surface area contributed by atoms with Crippen molar-refractivity contribution < 1.29 is 27.6 Å². The van der Waals surface area contributed by atoms with Crippen molar-refractivity contribution >= 4 is 39.0 Å². The van der Waals surface area contributed by atoms with E-state index in [2.05, 4.69) is 9.71 Å². The Bertz CT molecular complexity index is 1120. The number of sulfonamides is 1. The Hall–Kier alpha value is -2.99. The highest BCUT2D eigenvalue weighted by atomic mass is 32.2. The summed E-state index contributed by atoms with van der Waals surface area (Å²) in [6.45, 7) is 10.4. The Balaban J connectivity index is 2.46. The van der Waals surface area contributed by atoms with Crippen LogP contribution in [0.4, 0.5) is 10.5 Å². The van der Waals surface area contributed by atoms with E-state index in [0.717, 1.165) is 29.1 Å². The van der Waals surface area contributed by atoms with E-state index in [4.69, 9.17) is 9.47 Å². The van der Waals surface area contributed by atoms with Gasteiger partial charge in [-0.3, -0.25) is 10.1 Å². The fourth-order valence-corrected chi connectivity index (χ4v) is 4.76. The van der Waals surface area contributed by atoms with Crippen molar-refractivity contribution in [2.75, 3.05) is 0 Å². The molecule has 186 valence electrons. The van der Waals surface area contributed by atoms with Crippen LogP contribution in [-0.2, 0) is 19.5 Å². The molecule has 0 aliphatic rings. The molecule has 10 nitrogen and oxygen atoms in total. The van der Waals surface area contributed by atoms with Crippen molar-refractivity contribution in [1.82, 2.24) is 5.32 Å². The maximum atomic E-state index is 13.0. The highest BCUT2D eigenvalue weighted by Gasteiger charge is 2.32. The first kappa shape index (κ1) is 27.3. The van der Waals surface area contributed by atoms with Crippen LogP contribution in [0.25, 0.3) is 0 Å². The molecule has 0 saturated carbocycles. The number of nitro groups is 1. The molecule has 0 saturated heterocycles. The van der Waals surface area contributed by atoms with Crippen LogP contribution < -0.4 is 5.32 Å². The molecule has 0 spiro atoms. The zero-order valence-corrected chi connectivity index (χ0v) is 21.5. The van der Waals surface area contributed by atoms with Crippen molar-refractivity contribution in [2.24, 2.45) is 10.3 Å². The van der Waals surface area contributed by atoms with Gasteiger partial charge in [0.15, 0.2) is 0 Å². The minimum atomic E-state index is -4.25. The van der Waals surface area contributed by atoms with Gasteiger partial charge in [0.1, 0.15) is 5.60 Å². The molecule has 0 aliphatic carbocycles. The number of carbonyl (C=O) groups excluding carboxylic acids is 1. The van der Waals surface area contributed by atoms with Gasteiger partial charge >= 0.3 is 6.09 Å². The zero-order valence-electron chi connectivity index (χ0n) is 19.8. The van der Waals surface area contributed by atoms with Gasteiger partial charge in [-0.05, 0) is 58.2 Å². The van der Waals surface area contributed by atoms with Gasteiger partial charge < -0.3 is 14.8 Å². The van der Waals surface area contributed by atoms with Crippen LogP contribution in [0.15, 0.2) is 51.1 Å². The first-order chi connectivity index (χ1) is 15.7. The Morgan fingerprint density at radius 2 is 1.76 bits per heavy atom. The lowest BCUT2D eigenvalue weighted by Crippen LogP contribution is -2.39. The molecule has 1 amide bonds. The number of carbonyl (C=O) groups is 1. The topological polar surface area (TPSA) is 137 Å². The van der Waals surface area contributed by atoms with Gasteiger partial charge in [-0.25, -0.2) is 4.79 Å². The first-order valence-electron chi connectivity index (χ1n) is 10.5. The van der Waals surface area contributed by atoms with E-state index in [1.54, 1.807) is 47.6 Å². The van der Waals surface area contributed by atoms with E-state index >= 15 is 0 Å². The highest BCUT2D eigenvalue weighted by Crippen LogP contribution is 2.29. The number of rotatable bonds is 8. The summed E-state index contributed by atoms with van der Waals surface area (Å²) >= 11 is 1.38. The van der Waals surface area contributed by atoms with E-state index in [1.807, 2.05) is 11.4 Å². The number of nitro benzene ring substituents is 1. The van der Waals surface area contributed by atoms with Crippen LogP contribution >= 0.6 is 11.3 Å². The number of hydrogen-bond donors (Lipinski definition) is 1. The van der Waals surface area contributed by atoms with E-state index in [9.17, 15) is 23.3 Å². The molecule has 0 radical (unpaired) electrons. The molecule has 2 unspecified atom stereocenters. The Morgan fingerprint density at radius 1 is 1.15 bits per heavy atom. The zero-order chi connectivity index (χ0) is 25.7. The summed E-state index contributed by atoms with van der Waals surface area (Å²) in [5, 5.41) is 15.5. The second kappa shape index (κ2) is 11.0. The standard InChI is InChI=1S/C22H29N3O7S2/c1-14(2)31-20(24-34(29,30)17-11-9-16(10-12-17)25(27)28)15(3)19(18-8-7-13-33-18)23-21(26)32-22(4,5)6/h7-15,19H,1-6H3,(H,23,26). The number of nitrogens with zero attached hydrogens (tertiary/aromatic N) is 2. The van der Waals surface area contributed by atoms with Gasteiger partial charge in [0.2, 0.25) is 5.90 Å². The van der Waals surface area contributed by atoms with E-state index < -0.39 is 44.7 Å². The van der Waals surface area contributed by atoms with Gasteiger partial charge in [0, 0.05) is 17.0 Å². The lowest BCUT2D eigenvalue weighted by molar-refractivity contribution is -0.384. The monoisotopic (exact) mass is 511 g/mol. The van der Waals surface area contributed by atoms with Gasteiger partial charge in [-0.1, -0.05) is 13.0 Å². The molecule has 1 heterocycles. The summed E-state index contributed by atoms with van der Waals surface area (Å²) in [7, 11) is -4.25. The molecule has 0 fully saturated rings. The minimum absolute atomic E-state index is 0.109. The largest absolute Gasteiger partial charge is 0.477 e. The second-order valence-electron chi connectivity index (χ2n) is 8.75. The molecule has 0 bridgehead atoms. The van der Waals surface area contributed by atoms with Crippen molar-refractivity contribution in [2.45, 2.75) is 64.2 Å². The maximum absolute atomic E-state index is 13.0. The smallest absolute Gasteiger partial charge is 0.408 e. The number of non-ortho nitro benzene ring substituents is 1. The third kappa shape index (κ3) is 7.80. The van der Waals surface area contributed by atoms with Gasteiger partial charge in [-0.15, -0.1) is 15.7 Å². The number of benzene rings is 1. The van der Waals surface area contributed by atoms with Crippen molar-refractivity contribution in [3.05, 3.63) is 56.8 Å². The van der Waals surface area contributed by atoms with Crippen LogP contribution in [-0.4, -0.2) is 37.0 Å². The third-order valence-electron chi connectivity index (χ3n) is 4.32. The van der Waals surface area contributed by atoms with Crippen LogP contribution in [0.3, 0.4) is 0 Å².